The van der Waals surface area contributed by atoms with Crippen molar-refractivity contribution in [2.24, 2.45) is 11.8 Å². The minimum Gasteiger partial charge on any atom is -0.496 e. The molecule has 1 fully saturated rings. The number of aryl methyl sites for hydroxylation is 2. The molecular weight excluding hydrogens is 316 g/mol. The highest BCUT2D eigenvalue weighted by Gasteiger charge is 2.49. The number of carbonyl (C=O) groups excluding carboxylic acids is 2. The molecule has 0 radical (unpaired) electrons. The van der Waals surface area contributed by atoms with E-state index in [1.807, 2.05) is 38.1 Å². The summed E-state index contributed by atoms with van der Waals surface area (Å²) in [5.41, 5.74) is 3.10. The van der Waals surface area contributed by atoms with Gasteiger partial charge in [0.25, 0.3) is 0 Å². The average molecular weight is 338 g/mol. The molecule has 130 valence electrons. The SMILES string of the molecule is COc1ccc(C)cc1C(=O)C1CC1C(=O)c1cc(C)ccc1OC. The highest BCUT2D eigenvalue weighted by atomic mass is 16.5. The maximum atomic E-state index is 12.8. The van der Waals surface area contributed by atoms with Crippen LogP contribution in [0.2, 0.25) is 0 Å². The van der Waals surface area contributed by atoms with Crippen LogP contribution in [0.4, 0.5) is 0 Å². The maximum absolute atomic E-state index is 12.8. The van der Waals surface area contributed by atoms with Crippen molar-refractivity contribution in [1.29, 1.82) is 0 Å². The fourth-order valence-corrected chi connectivity index (χ4v) is 3.20. The van der Waals surface area contributed by atoms with Crippen molar-refractivity contribution < 1.29 is 19.1 Å². The van der Waals surface area contributed by atoms with Gasteiger partial charge in [0.1, 0.15) is 11.5 Å². The van der Waals surface area contributed by atoms with Crippen molar-refractivity contribution in [2.75, 3.05) is 14.2 Å². The van der Waals surface area contributed by atoms with Gasteiger partial charge in [-0.25, -0.2) is 0 Å². The largest absolute Gasteiger partial charge is 0.496 e. The number of carbonyl (C=O) groups is 2. The topological polar surface area (TPSA) is 52.6 Å². The van der Waals surface area contributed by atoms with Gasteiger partial charge in [0.15, 0.2) is 11.6 Å². The number of rotatable bonds is 6. The highest BCUT2D eigenvalue weighted by Crippen LogP contribution is 2.45. The molecular formula is C21H22O4. The van der Waals surface area contributed by atoms with Crippen LogP contribution in [-0.4, -0.2) is 25.8 Å². The van der Waals surface area contributed by atoms with Gasteiger partial charge in [-0.1, -0.05) is 23.3 Å². The van der Waals surface area contributed by atoms with Crippen LogP contribution >= 0.6 is 0 Å². The highest BCUT2D eigenvalue weighted by molar-refractivity contribution is 6.10. The van der Waals surface area contributed by atoms with Crippen LogP contribution in [0.1, 0.15) is 38.3 Å². The summed E-state index contributed by atoms with van der Waals surface area (Å²) in [6.07, 6.45) is 0.575. The summed E-state index contributed by atoms with van der Waals surface area (Å²) in [7, 11) is 3.10. The molecule has 2 aromatic carbocycles. The standard InChI is InChI=1S/C21H22O4/c1-12-5-7-18(24-3)16(9-12)20(22)14-11-15(14)21(23)17-10-13(2)6-8-19(17)25-4/h5-10,14-15H,11H2,1-4H3. The van der Waals surface area contributed by atoms with Gasteiger partial charge < -0.3 is 9.47 Å². The molecule has 1 aliphatic rings. The lowest BCUT2D eigenvalue weighted by Crippen LogP contribution is -2.11. The smallest absolute Gasteiger partial charge is 0.170 e. The Morgan fingerprint density at radius 3 is 1.56 bits per heavy atom. The summed E-state index contributed by atoms with van der Waals surface area (Å²) >= 11 is 0. The molecule has 0 heterocycles. The number of Topliss-reactive ketones (excluding diaryl/α,β-unsaturated/α-hetero) is 2. The monoisotopic (exact) mass is 338 g/mol. The van der Waals surface area contributed by atoms with Crippen LogP contribution in [-0.2, 0) is 0 Å². The van der Waals surface area contributed by atoms with Crippen LogP contribution in [0.25, 0.3) is 0 Å². The molecule has 0 bridgehead atoms. The van der Waals surface area contributed by atoms with Gasteiger partial charge >= 0.3 is 0 Å². The van der Waals surface area contributed by atoms with Gasteiger partial charge in [-0.3, -0.25) is 9.59 Å². The molecule has 0 saturated heterocycles. The summed E-state index contributed by atoms with van der Waals surface area (Å²) in [5, 5.41) is 0. The normalized spacial score (nSPS) is 18.6. The zero-order chi connectivity index (χ0) is 18.1. The molecule has 1 aliphatic carbocycles. The van der Waals surface area contributed by atoms with Gasteiger partial charge in [0.2, 0.25) is 0 Å². The molecule has 25 heavy (non-hydrogen) atoms. The molecule has 4 nitrogen and oxygen atoms in total. The lowest BCUT2D eigenvalue weighted by Gasteiger charge is -2.10. The summed E-state index contributed by atoms with van der Waals surface area (Å²) in [6, 6.07) is 11.1. The van der Waals surface area contributed by atoms with Crippen molar-refractivity contribution in [3.63, 3.8) is 0 Å². The minimum absolute atomic E-state index is 0.0227. The molecule has 2 atom stereocenters. The first kappa shape index (κ1) is 17.2. The Balaban J connectivity index is 1.83. The average Bonchev–Trinajstić information content (AvgIpc) is 3.41. The lowest BCUT2D eigenvalue weighted by molar-refractivity contribution is 0.0902. The van der Waals surface area contributed by atoms with Gasteiger partial charge in [0.05, 0.1) is 25.3 Å². The number of benzene rings is 2. The Labute approximate surface area is 147 Å². The Morgan fingerprint density at radius 2 is 1.20 bits per heavy atom. The molecule has 2 aromatic rings. The van der Waals surface area contributed by atoms with Crippen molar-refractivity contribution in [3.05, 3.63) is 58.7 Å². The fraction of sp³-hybridized carbons (Fsp3) is 0.333. The van der Waals surface area contributed by atoms with Crippen LogP contribution < -0.4 is 9.47 Å². The first-order chi connectivity index (χ1) is 12.0. The van der Waals surface area contributed by atoms with E-state index in [0.29, 0.717) is 29.0 Å². The van der Waals surface area contributed by atoms with Gasteiger partial charge in [-0.2, -0.15) is 0 Å². The first-order valence-corrected chi connectivity index (χ1v) is 8.34. The predicted octanol–water partition coefficient (Wildman–Crippen LogP) is 4.02. The van der Waals surface area contributed by atoms with Gasteiger partial charge in [-0.05, 0) is 44.5 Å². The summed E-state index contributed by atoms with van der Waals surface area (Å²) in [6.45, 7) is 3.87. The van der Waals surface area contributed by atoms with Crippen molar-refractivity contribution in [1.82, 2.24) is 0 Å². The quantitative estimate of drug-likeness (QED) is 0.747. The third kappa shape index (κ3) is 3.29. The number of hydrogen-bond acceptors (Lipinski definition) is 4. The third-order valence-electron chi connectivity index (χ3n) is 4.70. The second-order valence-corrected chi connectivity index (χ2v) is 6.58. The van der Waals surface area contributed by atoms with E-state index in [1.54, 1.807) is 26.4 Å². The zero-order valence-electron chi connectivity index (χ0n) is 15.0. The second-order valence-electron chi connectivity index (χ2n) is 6.58. The molecule has 0 N–H and O–H groups in total. The Kier molecular flexibility index (Phi) is 4.62. The molecule has 0 spiro atoms. The number of ether oxygens (including phenoxy) is 2. The van der Waals surface area contributed by atoms with Crippen LogP contribution in [0.3, 0.4) is 0 Å². The van der Waals surface area contributed by atoms with E-state index in [2.05, 4.69) is 0 Å². The molecule has 0 aromatic heterocycles. The summed E-state index contributed by atoms with van der Waals surface area (Å²) in [4.78, 5) is 25.7. The third-order valence-corrected chi connectivity index (χ3v) is 4.70. The number of methoxy groups -OCH3 is 2. The summed E-state index contributed by atoms with van der Waals surface area (Å²) < 4.78 is 10.6. The van der Waals surface area contributed by atoms with Crippen molar-refractivity contribution in [2.45, 2.75) is 20.3 Å². The van der Waals surface area contributed by atoms with Crippen LogP contribution in [0.15, 0.2) is 36.4 Å². The number of ketones is 2. The fourth-order valence-electron chi connectivity index (χ4n) is 3.20. The van der Waals surface area contributed by atoms with E-state index in [9.17, 15) is 9.59 Å². The predicted molar refractivity (Wildman–Crippen MR) is 95.7 cm³/mol. The van der Waals surface area contributed by atoms with E-state index in [-0.39, 0.29) is 23.4 Å². The molecule has 3 rings (SSSR count). The van der Waals surface area contributed by atoms with E-state index in [1.165, 1.54) is 0 Å². The van der Waals surface area contributed by atoms with Gasteiger partial charge in [0, 0.05) is 11.8 Å². The van der Waals surface area contributed by atoms with Gasteiger partial charge in [-0.15, -0.1) is 0 Å². The van der Waals surface area contributed by atoms with Crippen molar-refractivity contribution in [3.8, 4) is 11.5 Å². The molecule has 4 heteroatoms. The van der Waals surface area contributed by atoms with Crippen LogP contribution in [0.5, 0.6) is 11.5 Å². The van der Waals surface area contributed by atoms with E-state index in [4.69, 9.17) is 9.47 Å². The molecule has 0 aliphatic heterocycles. The Hall–Kier alpha value is -2.62. The van der Waals surface area contributed by atoms with E-state index in [0.717, 1.165) is 11.1 Å². The maximum Gasteiger partial charge on any atom is 0.170 e. The first-order valence-electron chi connectivity index (χ1n) is 8.34. The Bertz CT molecular complexity index is 768. The lowest BCUT2D eigenvalue weighted by atomic mass is 9.98. The summed E-state index contributed by atoms with van der Waals surface area (Å²) in [5.74, 6) is 0.501. The molecule has 2 unspecified atom stereocenters. The Morgan fingerprint density at radius 1 is 0.800 bits per heavy atom. The zero-order valence-corrected chi connectivity index (χ0v) is 15.0. The van der Waals surface area contributed by atoms with Crippen LogP contribution in [0, 0.1) is 25.7 Å². The van der Waals surface area contributed by atoms with E-state index < -0.39 is 0 Å². The minimum atomic E-state index is -0.284. The number of hydrogen-bond donors (Lipinski definition) is 0. The molecule has 0 amide bonds. The molecule has 1 saturated carbocycles. The second kappa shape index (κ2) is 6.71. The van der Waals surface area contributed by atoms with E-state index >= 15 is 0 Å². The van der Waals surface area contributed by atoms with Crippen molar-refractivity contribution >= 4 is 11.6 Å².